The minimum Gasteiger partial charge on any atom is -0.497 e. The number of ether oxygens (including phenoxy) is 2. The molecule has 1 heterocycles. The van der Waals surface area contributed by atoms with Crippen LogP contribution in [-0.4, -0.2) is 43.9 Å². The van der Waals surface area contributed by atoms with Gasteiger partial charge in [-0.15, -0.1) is 0 Å². The molecule has 21 heavy (non-hydrogen) atoms. The Morgan fingerprint density at radius 3 is 2.81 bits per heavy atom. The third-order valence-electron chi connectivity index (χ3n) is 3.95. The summed E-state index contributed by atoms with van der Waals surface area (Å²) in [6.45, 7) is 6.51. The lowest BCUT2D eigenvalue weighted by Crippen LogP contribution is -2.51. The van der Waals surface area contributed by atoms with Gasteiger partial charge >= 0.3 is 0 Å². The van der Waals surface area contributed by atoms with Crippen LogP contribution in [0, 0.1) is 5.82 Å². The normalized spacial score (nSPS) is 21.5. The monoisotopic (exact) mass is 297 g/mol. The van der Waals surface area contributed by atoms with Crippen LogP contribution >= 0.6 is 0 Å². The maximum atomic E-state index is 14.2. The Labute approximate surface area is 125 Å². The predicted molar refractivity (Wildman–Crippen MR) is 79.5 cm³/mol. The van der Waals surface area contributed by atoms with Crippen molar-refractivity contribution in [3.05, 3.63) is 29.6 Å². The van der Waals surface area contributed by atoms with Crippen molar-refractivity contribution in [2.45, 2.75) is 32.0 Å². The van der Waals surface area contributed by atoms with Crippen molar-refractivity contribution < 1.29 is 13.9 Å². The third-order valence-corrected chi connectivity index (χ3v) is 3.95. The van der Waals surface area contributed by atoms with E-state index >= 15 is 0 Å². The fourth-order valence-corrected chi connectivity index (χ4v) is 2.65. The highest BCUT2D eigenvalue weighted by atomic mass is 19.1. The summed E-state index contributed by atoms with van der Waals surface area (Å²) < 4.78 is 25.1. The second-order valence-corrected chi connectivity index (χ2v) is 5.53. The Bertz CT molecular complexity index is 470. The van der Waals surface area contributed by atoms with Crippen LogP contribution in [-0.2, 0) is 4.74 Å². The van der Waals surface area contributed by atoms with Crippen LogP contribution in [0.3, 0.4) is 0 Å². The summed E-state index contributed by atoms with van der Waals surface area (Å²) in [6, 6.07) is 4.82. The van der Waals surface area contributed by atoms with Gasteiger partial charge in [-0.05, 0) is 19.9 Å². The molecule has 1 fully saturated rings. The summed E-state index contributed by atoms with van der Waals surface area (Å²) in [7, 11) is 1.51. The molecule has 2 rings (SSSR count). The van der Waals surface area contributed by atoms with Gasteiger partial charge in [-0.1, -0.05) is 6.07 Å². The molecule has 0 amide bonds. The van der Waals surface area contributed by atoms with Gasteiger partial charge < -0.3 is 9.47 Å². The Hall–Kier alpha value is -1.21. The van der Waals surface area contributed by atoms with Crippen LogP contribution in [0.15, 0.2) is 18.2 Å². The Morgan fingerprint density at radius 2 is 2.24 bits per heavy atom. The topological polar surface area (TPSA) is 59.8 Å². The average molecular weight is 297 g/mol. The van der Waals surface area contributed by atoms with Gasteiger partial charge in [-0.2, -0.15) is 0 Å². The molecule has 5 nitrogen and oxygen atoms in total. The van der Waals surface area contributed by atoms with Gasteiger partial charge in [-0.25, -0.2) is 4.39 Å². The van der Waals surface area contributed by atoms with E-state index in [1.165, 1.54) is 13.2 Å². The summed E-state index contributed by atoms with van der Waals surface area (Å²) >= 11 is 0. The number of hydrazine groups is 1. The molecular formula is C15H24FN3O2. The second kappa shape index (κ2) is 7.17. The number of hydrogen-bond donors (Lipinski definition) is 2. The van der Waals surface area contributed by atoms with E-state index in [-0.39, 0.29) is 11.9 Å². The zero-order valence-electron chi connectivity index (χ0n) is 12.8. The lowest BCUT2D eigenvalue weighted by atomic mass is 9.99. The molecule has 1 saturated heterocycles. The fraction of sp³-hybridized carbons (Fsp3) is 0.600. The van der Waals surface area contributed by atoms with E-state index < -0.39 is 6.04 Å². The predicted octanol–water partition coefficient (Wildman–Crippen LogP) is 1.45. The number of morpholine rings is 1. The average Bonchev–Trinajstić information content (AvgIpc) is 2.49. The number of benzene rings is 1. The minimum atomic E-state index is -0.391. The number of nitrogens with two attached hydrogens (primary N) is 1. The highest BCUT2D eigenvalue weighted by Crippen LogP contribution is 2.27. The first-order valence-electron chi connectivity index (χ1n) is 7.22. The first-order valence-corrected chi connectivity index (χ1v) is 7.22. The Balaban J connectivity index is 2.19. The zero-order chi connectivity index (χ0) is 15.4. The molecule has 118 valence electrons. The van der Waals surface area contributed by atoms with Gasteiger partial charge in [0.2, 0.25) is 0 Å². The summed E-state index contributed by atoms with van der Waals surface area (Å²) in [5, 5.41) is 0. The van der Waals surface area contributed by atoms with Crippen molar-refractivity contribution in [3.63, 3.8) is 0 Å². The fourth-order valence-electron chi connectivity index (χ4n) is 2.65. The summed E-state index contributed by atoms with van der Waals surface area (Å²) in [6.07, 6.45) is -0.186. The smallest absolute Gasteiger partial charge is 0.131 e. The Morgan fingerprint density at radius 1 is 1.48 bits per heavy atom. The van der Waals surface area contributed by atoms with Crippen LogP contribution in [0.4, 0.5) is 4.39 Å². The molecule has 1 aromatic carbocycles. The maximum absolute atomic E-state index is 14.2. The van der Waals surface area contributed by atoms with Crippen LogP contribution in [0.2, 0.25) is 0 Å². The van der Waals surface area contributed by atoms with Gasteiger partial charge in [0, 0.05) is 30.8 Å². The lowest BCUT2D eigenvalue weighted by Gasteiger charge is -2.38. The number of nitrogens with zero attached hydrogens (tertiary/aromatic N) is 1. The third kappa shape index (κ3) is 3.71. The number of methoxy groups -OCH3 is 1. The van der Waals surface area contributed by atoms with Crippen molar-refractivity contribution in [2.24, 2.45) is 5.84 Å². The van der Waals surface area contributed by atoms with Gasteiger partial charge in [-0.3, -0.25) is 16.2 Å². The van der Waals surface area contributed by atoms with E-state index in [0.717, 1.165) is 13.1 Å². The number of hydrogen-bond acceptors (Lipinski definition) is 5. The quantitative estimate of drug-likeness (QED) is 0.636. The first-order chi connectivity index (χ1) is 10.1. The van der Waals surface area contributed by atoms with Crippen molar-refractivity contribution in [1.29, 1.82) is 0 Å². The van der Waals surface area contributed by atoms with Crippen LogP contribution in [0.5, 0.6) is 5.75 Å². The van der Waals surface area contributed by atoms with Crippen LogP contribution in [0.1, 0.15) is 25.5 Å². The number of rotatable bonds is 5. The molecule has 0 saturated carbocycles. The molecule has 0 aliphatic carbocycles. The summed E-state index contributed by atoms with van der Waals surface area (Å²) in [4.78, 5) is 2.31. The van der Waals surface area contributed by atoms with E-state index in [4.69, 9.17) is 15.3 Å². The van der Waals surface area contributed by atoms with Gasteiger partial charge in [0.05, 0.1) is 25.9 Å². The van der Waals surface area contributed by atoms with Crippen LogP contribution in [0.25, 0.3) is 0 Å². The molecule has 0 radical (unpaired) electrons. The minimum absolute atomic E-state index is 0.186. The summed E-state index contributed by atoms with van der Waals surface area (Å²) in [5.41, 5.74) is 3.19. The molecule has 2 atom stereocenters. The van der Waals surface area contributed by atoms with Crippen molar-refractivity contribution >= 4 is 0 Å². The summed E-state index contributed by atoms with van der Waals surface area (Å²) in [5.74, 6) is 5.79. The molecule has 0 aromatic heterocycles. The SMILES string of the molecule is COc1ccc(C(NN)C2CN(C(C)C)CCO2)c(F)c1. The first kappa shape index (κ1) is 16.2. The Kier molecular flexibility index (Phi) is 5.52. The van der Waals surface area contributed by atoms with Gasteiger partial charge in [0.25, 0.3) is 0 Å². The van der Waals surface area contributed by atoms with Crippen molar-refractivity contribution in [2.75, 3.05) is 26.8 Å². The highest BCUT2D eigenvalue weighted by molar-refractivity contribution is 5.31. The molecule has 3 N–H and O–H groups in total. The molecular weight excluding hydrogens is 273 g/mol. The zero-order valence-corrected chi connectivity index (χ0v) is 12.8. The number of nitrogens with one attached hydrogen (secondary N) is 1. The lowest BCUT2D eigenvalue weighted by molar-refractivity contribution is -0.0566. The van der Waals surface area contributed by atoms with Crippen molar-refractivity contribution in [1.82, 2.24) is 10.3 Å². The molecule has 1 aliphatic heterocycles. The molecule has 1 aliphatic rings. The van der Waals surface area contributed by atoms with E-state index in [0.29, 0.717) is 24.0 Å². The maximum Gasteiger partial charge on any atom is 0.131 e. The van der Waals surface area contributed by atoms with E-state index in [1.807, 2.05) is 0 Å². The van der Waals surface area contributed by atoms with E-state index in [1.54, 1.807) is 12.1 Å². The van der Waals surface area contributed by atoms with E-state index in [9.17, 15) is 4.39 Å². The van der Waals surface area contributed by atoms with Gasteiger partial charge in [0.15, 0.2) is 0 Å². The second-order valence-electron chi connectivity index (χ2n) is 5.53. The molecule has 1 aromatic rings. The molecule has 0 bridgehead atoms. The largest absolute Gasteiger partial charge is 0.497 e. The van der Waals surface area contributed by atoms with Crippen LogP contribution < -0.4 is 16.0 Å². The highest BCUT2D eigenvalue weighted by Gasteiger charge is 2.31. The van der Waals surface area contributed by atoms with E-state index in [2.05, 4.69) is 24.2 Å². The molecule has 2 unspecified atom stereocenters. The molecule has 6 heteroatoms. The standard InChI is InChI=1S/C15H24FN3O2/c1-10(2)19-6-7-21-14(9-19)15(18-17)12-5-4-11(20-3)8-13(12)16/h4-5,8,10,14-15,18H,6-7,9,17H2,1-3H3. The van der Waals surface area contributed by atoms with Crippen molar-refractivity contribution in [3.8, 4) is 5.75 Å². The van der Waals surface area contributed by atoms with Gasteiger partial charge in [0.1, 0.15) is 11.6 Å². The molecule has 0 spiro atoms. The number of halogens is 1.